The van der Waals surface area contributed by atoms with E-state index in [2.05, 4.69) is 22.7 Å². The first-order valence-corrected chi connectivity index (χ1v) is 9.47. The van der Waals surface area contributed by atoms with E-state index < -0.39 is 0 Å². The van der Waals surface area contributed by atoms with Gasteiger partial charge >= 0.3 is 0 Å². The van der Waals surface area contributed by atoms with Gasteiger partial charge in [0, 0.05) is 16.2 Å². The van der Waals surface area contributed by atoms with Crippen LogP contribution >= 0.6 is 11.8 Å². The fourth-order valence-corrected chi connectivity index (χ4v) is 3.26. The minimum atomic E-state index is -0.239. The lowest BCUT2D eigenvalue weighted by atomic mass is 10.1. The highest BCUT2D eigenvalue weighted by Gasteiger charge is 2.04. The molecule has 0 aliphatic carbocycles. The summed E-state index contributed by atoms with van der Waals surface area (Å²) in [6.07, 6.45) is 1.59. The molecule has 0 heterocycles. The molecule has 0 radical (unpaired) electrons. The third-order valence-corrected chi connectivity index (χ3v) is 4.92. The SMILES string of the molecule is COc1cccc(/C=N/NC(=O)c2ccc(CSc3ccccc3)cc2)c1. The van der Waals surface area contributed by atoms with Crippen LogP contribution in [0.1, 0.15) is 21.5 Å². The Morgan fingerprint density at radius 3 is 2.56 bits per heavy atom. The number of nitrogens with zero attached hydrogens (tertiary/aromatic N) is 1. The number of thioether (sulfide) groups is 1. The standard InChI is InChI=1S/C22H20N2O2S/c1-26-20-7-5-6-18(14-20)15-23-24-22(25)19-12-10-17(11-13-19)16-27-21-8-3-2-4-9-21/h2-15H,16H2,1H3,(H,24,25)/b23-15+. The topological polar surface area (TPSA) is 50.7 Å². The molecule has 0 bridgehead atoms. The fraction of sp³-hybridized carbons (Fsp3) is 0.0909. The average Bonchev–Trinajstić information content (AvgIpc) is 2.73. The van der Waals surface area contributed by atoms with Gasteiger partial charge in [-0.25, -0.2) is 5.43 Å². The first kappa shape index (κ1) is 18.7. The fourth-order valence-electron chi connectivity index (χ4n) is 2.39. The Hall–Kier alpha value is -3.05. The van der Waals surface area contributed by atoms with Gasteiger partial charge < -0.3 is 4.74 Å². The highest BCUT2D eigenvalue weighted by molar-refractivity contribution is 7.98. The Morgan fingerprint density at radius 1 is 1.04 bits per heavy atom. The van der Waals surface area contributed by atoms with Crippen LogP contribution in [0.15, 0.2) is 88.9 Å². The van der Waals surface area contributed by atoms with Crippen molar-refractivity contribution in [1.82, 2.24) is 5.43 Å². The molecular formula is C22H20N2O2S. The molecule has 0 aliphatic heterocycles. The molecule has 0 aromatic heterocycles. The summed E-state index contributed by atoms with van der Waals surface area (Å²) < 4.78 is 5.16. The van der Waals surface area contributed by atoms with Crippen molar-refractivity contribution in [3.8, 4) is 5.75 Å². The largest absolute Gasteiger partial charge is 0.497 e. The molecule has 1 amide bonds. The Balaban J connectivity index is 1.53. The maximum atomic E-state index is 12.2. The summed E-state index contributed by atoms with van der Waals surface area (Å²) in [6.45, 7) is 0. The van der Waals surface area contributed by atoms with E-state index in [1.807, 2.05) is 66.7 Å². The van der Waals surface area contributed by atoms with Crippen molar-refractivity contribution in [2.24, 2.45) is 5.10 Å². The van der Waals surface area contributed by atoms with E-state index in [9.17, 15) is 4.79 Å². The Morgan fingerprint density at radius 2 is 1.81 bits per heavy atom. The van der Waals surface area contributed by atoms with Crippen LogP contribution in [0.3, 0.4) is 0 Å². The number of hydrogen-bond donors (Lipinski definition) is 1. The predicted molar refractivity (Wildman–Crippen MR) is 110 cm³/mol. The summed E-state index contributed by atoms with van der Waals surface area (Å²) in [5.41, 5.74) is 5.14. The quantitative estimate of drug-likeness (QED) is 0.368. The third kappa shape index (κ3) is 5.72. The van der Waals surface area contributed by atoms with Gasteiger partial charge in [0.15, 0.2) is 0 Å². The number of methoxy groups -OCH3 is 1. The van der Waals surface area contributed by atoms with Crippen LogP contribution in [-0.4, -0.2) is 19.2 Å². The lowest BCUT2D eigenvalue weighted by molar-refractivity contribution is 0.0955. The summed E-state index contributed by atoms with van der Waals surface area (Å²) in [4.78, 5) is 13.4. The first-order valence-electron chi connectivity index (χ1n) is 8.49. The second-order valence-electron chi connectivity index (χ2n) is 5.77. The van der Waals surface area contributed by atoms with Crippen LogP contribution in [0, 0.1) is 0 Å². The minimum Gasteiger partial charge on any atom is -0.497 e. The molecule has 3 aromatic carbocycles. The van der Waals surface area contributed by atoms with Crippen molar-refractivity contribution >= 4 is 23.9 Å². The van der Waals surface area contributed by atoms with Crippen molar-refractivity contribution in [1.29, 1.82) is 0 Å². The molecule has 3 rings (SSSR count). The second kappa shape index (κ2) is 9.59. The van der Waals surface area contributed by atoms with Gasteiger partial charge in [-0.05, 0) is 47.5 Å². The third-order valence-electron chi connectivity index (χ3n) is 3.84. The number of benzene rings is 3. The van der Waals surface area contributed by atoms with Crippen LogP contribution in [0.2, 0.25) is 0 Å². The molecule has 5 heteroatoms. The van der Waals surface area contributed by atoms with E-state index in [-0.39, 0.29) is 5.91 Å². The van der Waals surface area contributed by atoms with Crippen LogP contribution in [0.4, 0.5) is 0 Å². The molecule has 0 saturated heterocycles. The van der Waals surface area contributed by atoms with Crippen molar-refractivity contribution in [2.75, 3.05) is 7.11 Å². The summed E-state index contributed by atoms with van der Waals surface area (Å²) in [5, 5.41) is 4.01. The number of amides is 1. The maximum absolute atomic E-state index is 12.2. The van der Waals surface area contributed by atoms with E-state index in [1.165, 1.54) is 10.5 Å². The average molecular weight is 376 g/mol. The monoisotopic (exact) mass is 376 g/mol. The molecule has 27 heavy (non-hydrogen) atoms. The smallest absolute Gasteiger partial charge is 0.271 e. The molecule has 0 spiro atoms. The highest BCUT2D eigenvalue weighted by atomic mass is 32.2. The van der Waals surface area contributed by atoms with E-state index >= 15 is 0 Å². The van der Waals surface area contributed by atoms with Crippen LogP contribution < -0.4 is 10.2 Å². The normalized spacial score (nSPS) is 10.7. The number of hydrazone groups is 1. The summed E-state index contributed by atoms with van der Waals surface area (Å²) in [6, 6.07) is 25.3. The molecular weight excluding hydrogens is 356 g/mol. The van der Waals surface area contributed by atoms with Crippen LogP contribution in [0.5, 0.6) is 5.75 Å². The molecule has 0 atom stereocenters. The van der Waals surface area contributed by atoms with Gasteiger partial charge in [-0.1, -0.05) is 42.5 Å². The van der Waals surface area contributed by atoms with E-state index in [0.29, 0.717) is 5.56 Å². The van der Waals surface area contributed by atoms with Gasteiger partial charge in [0.2, 0.25) is 0 Å². The highest BCUT2D eigenvalue weighted by Crippen LogP contribution is 2.22. The molecule has 3 aromatic rings. The molecule has 136 valence electrons. The number of carbonyl (C=O) groups excluding carboxylic acids is 1. The van der Waals surface area contributed by atoms with E-state index in [0.717, 1.165) is 17.1 Å². The van der Waals surface area contributed by atoms with Gasteiger partial charge in [0.25, 0.3) is 5.91 Å². The van der Waals surface area contributed by atoms with Gasteiger partial charge in [-0.2, -0.15) is 5.10 Å². The molecule has 0 unspecified atom stereocenters. The van der Waals surface area contributed by atoms with Crippen LogP contribution in [0.25, 0.3) is 0 Å². The van der Waals surface area contributed by atoms with E-state index in [1.54, 1.807) is 25.1 Å². The zero-order valence-electron chi connectivity index (χ0n) is 15.0. The first-order chi connectivity index (χ1) is 13.2. The second-order valence-corrected chi connectivity index (χ2v) is 6.82. The van der Waals surface area contributed by atoms with Crippen molar-refractivity contribution in [3.63, 3.8) is 0 Å². The molecule has 0 fully saturated rings. The number of hydrogen-bond acceptors (Lipinski definition) is 4. The van der Waals surface area contributed by atoms with Crippen LogP contribution in [-0.2, 0) is 5.75 Å². The van der Waals surface area contributed by atoms with E-state index in [4.69, 9.17) is 4.74 Å². The lowest BCUT2D eigenvalue weighted by Crippen LogP contribution is -2.17. The van der Waals surface area contributed by atoms with Gasteiger partial charge in [-0.3, -0.25) is 4.79 Å². The molecule has 0 aliphatic rings. The van der Waals surface area contributed by atoms with Crippen molar-refractivity contribution in [3.05, 3.63) is 95.6 Å². The van der Waals surface area contributed by atoms with Crippen molar-refractivity contribution < 1.29 is 9.53 Å². The number of carbonyl (C=O) groups is 1. The zero-order chi connectivity index (χ0) is 18.9. The summed E-state index contributed by atoms with van der Waals surface area (Å²) >= 11 is 1.77. The maximum Gasteiger partial charge on any atom is 0.271 e. The summed E-state index contributed by atoms with van der Waals surface area (Å²) in [7, 11) is 1.61. The predicted octanol–water partition coefficient (Wildman–Crippen LogP) is 4.75. The van der Waals surface area contributed by atoms with Gasteiger partial charge in [-0.15, -0.1) is 11.8 Å². The summed E-state index contributed by atoms with van der Waals surface area (Å²) in [5.74, 6) is 1.37. The number of rotatable bonds is 7. The Labute approximate surface area is 163 Å². The lowest BCUT2D eigenvalue weighted by Gasteiger charge is -2.04. The van der Waals surface area contributed by atoms with Gasteiger partial charge in [0.1, 0.15) is 5.75 Å². The Bertz CT molecular complexity index is 909. The zero-order valence-corrected chi connectivity index (χ0v) is 15.8. The minimum absolute atomic E-state index is 0.239. The molecule has 4 nitrogen and oxygen atoms in total. The molecule has 0 saturated carbocycles. The number of nitrogens with one attached hydrogen (secondary N) is 1. The number of ether oxygens (including phenoxy) is 1. The Kier molecular flexibility index (Phi) is 6.66. The molecule has 1 N–H and O–H groups in total. The van der Waals surface area contributed by atoms with Gasteiger partial charge in [0.05, 0.1) is 13.3 Å². The van der Waals surface area contributed by atoms with Crippen molar-refractivity contribution in [2.45, 2.75) is 10.6 Å².